The average Bonchev–Trinajstić information content (AvgIpc) is 2.59. The van der Waals surface area contributed by atoms with Crippen molar-refractivity contribution in [2.24, 2.45) is 0 Å². The van der Waals surface area contributed by atoms with Crippen LogP contribution in [0.4, 0.5) is 0 Å². The molecule has 1 aromatic rings. The lowest BCUT2D eigenvalue weighted by molar-refractivity contribution is -0.160. The normalized spacial score (nSPS) is 24.5. The lowest BCUT2D eigenvalue weighted by Gasteiger charge is -2.43. The van der Waals surface area contributed by atoms with E-state index in [1.807, 2.05) is 11.0 Å². The third-order valence-electron chi connectivity index (χ3n) is 4.09. The predicted octanol–water partition coefficient (Wildman–Crippen LogP) is 0.433. The summed E-state index contributed by atoms with van der Waals surface area (Å²) >= 11 is 0. The highest BCUT2D eigenvalue weighted by Crippen LogP contribution is 2.21. The number of nitrogens with zero attached hydrogens (tertiary/aromatic N) is 1. The molecule has 2 saturated heterocycles. The summed E-state index contributed by atoms with van der Waals surface area (Å²) in [7, 11) is 0. The zero-order valence-electron chi connectivity index (χ0n) is 12.4. The van der Waals surface area contributed by atoms with E-state index in [1.54, 1.807) is 24.3 Å². The monoisotopic (exact) mass is 304 g/mol. The van der Waals surface area contributed by atoms with Crippen molar-refractivity contribution in [1.29, 1.82) is 0 Å². The molecule has 0 bridgehead atoms. The first-order valence-electron chi connectivity index (χ1n) is 7.58. The fourth-order valence-corrected chi connectivity index (χ4v) is 2.94. The largest absolute Gasteiger partial charge is 0.379 e. The molecule has 2 aliphatic heterocycles. The molecule has 6 heteroatoms. The van der Waals surface area contributed by atoms with Gasteiger partial charge in [0.25, 0.3) is 5.91 Å². The summed E-state index contributed by atoms with van der Waals surface area (Å²) in [6.45, 7) is 2.28. The molecule has 6 nitrogen and oxygen atoms in total. The van der Waals surface area contributed by atoms with E-state index in [9.17, 15) is 9.59 Å². The Morgan fingerprint density at radius 3 is 2.86 bits per heavy atom. The number of amides is 2. The molecule has 3 rings (SSSR count). The van der Waals surface area contributed by atoms with Gasteiger partial charge in [-0.25, -0.2) is 0 Å². The molecule has 2 heterocycles. The quantitative estimate of drug-likeness (QED) is 0.879. The highest BCUT2D eigenvalue weighted by atomic mass is 16.5. The van der Waals surface area contributed by atoms with Gasteiger partial charge in [0.05, 0.1) is 25.8 Å². The Labute approximate surface area is 129 Å². The third kappa shape index (κ3) is 3.28. The molecule has 2 atom stereocenters. The van der Waals surface area contributed by atoms with Crippen LogP contribution in [0, 0.1) is 0 Å². The van der Waals surface area contributed by atoms with Gasteiger partial charge in [0.15, 0.2) is 0 Å². The Hall–Kier alpha value is -1.92. The first kappa shape index (κ1) is 15.0. The van der Waals surface area contributed by atoms with Crippen LogP contribution in [0.1, 0.15) is 16.8 Å². The number of ether oxygens (including phenoxy) is 2. The molecule has 0 spiro atoms. The first-order valence-corrected chi connectivity index (χ1v) is 7.58. The smallest absolute Gasteiger partial charge is 0.251 e. The van der Waals surface area contributed by atoms with Crippen molar-refractivity contribution < 1.29 is 19.1 Å². The van der Waals surface area contributed by atoms with Crippen LogP contribution >= 0.6 is 0 Å². The van der Waals surface area contributed by atoms with Crippen molar-refractivity contribution in [3.63, 3.8) is 0 Å². The van der Waals surface area contributed by atoms with Crippen LogP contribution in [0.3, 0.4) is 0 Å². The second-order valence-corrected chi connectivity index (χ2v) is 5.48. The number of benzene rings is 1. The predicted molar refractivity (Wildman–Crippen MR) is 79.5 cm³/mol. The number of nitrogens with one attached hydrogen (secondary N) is 1. The van der Waals surface area contributed by atoms with Crippen molar-refractivity contribution >= 4 is 11.8 Å². The molecule has 1 N–H and O–H groups in total. The standard InChI is InChI=1S/C16H20N2O4/c19-15(10-17-16(20)12-4-2-1-3-5-12)18-7-9-22-14-11-21-8-6-13(14)18/h1-5,13-14H,6-11H2,(H,17,20)/t13-,14+/m0/s1. The summed E-state index contributed by atoms with van der Waals surface area (Å²) in [5.41, 5.74) is 0.557. The van der Waals surface area contributed by atoms with Crippen LogP contribution in [0.25, 0.3) is 0 Å². The molecule has 2 amide bonds. The fourth-order valence-electron chi connectivity index (χ4n) is 2.94. The van der Waals surface area contributed by atoms with Crippen molar-refractivity contribution in [3.05, 3.63) is 35.9 Å². The van der Waals surface area contributed by atoms with Gasteiger partial charge in [-0.3, -0.25) is 9.59 Å². The number of fused-ring (bicyclic) bond motifs is 1. The van der Waals surface area contributed by atoms with E-state index >= 15 is 0 Å². The number of morpholine rings is 1. The van der Waals surface area contributed by atoms with Crippen LogP contribution in [0.5, 0.6) is 0 Å². The van der Waals surface area contributed by atoms with Crippen LogP contribution in [-0.2, 0) is 14.3 Å². The zero-order valence-corrected chi connectivity index (χ0v) is 12.4. The topological polar surface area (TPSA) is 67.9 Å². The van der Waals surface area contributed by atoms with E-state index < -0.39 is 0 Å². The van der Waals surface area contributed by atoms with E-state index in [0.717, 1.165) is 6.42 Å². The van der Waals surface area contributed by atoms with Gasteiger partial charge < -0.3 is 19.7 Å². The summed E-state index contributed by atoms with van der Waals surface area (Å²) < 4.78 is 11.0. The summed E-state index contributed by atoms with van der Waals surface area (Å²) in [5, 5.41) is 2.69. The molecule has 0 radical (unpaired) electrons. The minimum absolute atomic E-state index is 0.0117. The fraction of sp³-hybridized carbons (Fsp3) is 0.500. The Kier molecular flexibility index (Phi) is 4.70. The van der Waals surface area contributed by atoms with Crippen molar-refractivity contribution in [2.45, 2.75) is 18.6 Å². The molecule has 0 unspecified atom stereocenters. The number of carbonyl (C=O) groups is 2. The lowest BCUT2D eigenvalue weighted by atomic mass is 10.0. The van der Waals surface area contributed by atoms with Gasteiger partial charge in [-0.2, -0.15) is 0 Å². The second kappa shape index (κ2) is 6.89. The molecular weight excluding hydrogens is 284 g/mol. The summed E-state index contributed by atoms with van der Waals surface area (Å²) in [6, 6.07) is 8.95. The molecule has 0 saturated carbocycles. The maximum Gasteiger partial charge on any atom is 0.251 e. The molecule has 0 aromatic heterocycles. The van der Waals surface area contributed by atoms with Gasteiger partial charge in [0.2, 0.25) is 5.91 Å². The van der Waals surface area contributed by atoms with Crippen LogP contribution in [0.15, 0.2) is 30.3 Å². The van der Waals surface area contributed by atoms with Gasteiger partial charge in [0.1, 0.15) is 6.10 Å². The van der Waals surface area contributed by atoms with Gasteiger partial charge >= 0.3 is 0 Å². The van der Waals surface area contributed by atoms with E-state index in [0.29, 0.717) is 31.9 Å². The SMILES string of the molecule is O=C(NCC(=O)N1CCO[C@@H]2COCC[C@@H]21)c1ccccc1. The van der Waals surface area contributed by atoms with E-state index in [2.05, 4.69) is 5.32 Å². The van der Waals surface area contributed by atoms with E-state index in [1.165, 1.54) is 0 Å². The van der Waals surface area contributed by atoms with Crippen molar-refractivity contribution in [2.75, 3.05) is 32.9 Å². The minimum atomic E-state index is -0.231. The van der Waals surface area contributed by atoms with Gasteiger partial charge in [-0.05, 0) is 18.6 Å². The minimum Gasteiger partial charge on any atom is -0.379 e. The molecule has 22 heavy (non-hydrogen) atoms. The Morgan fingerprint density at radius 2 is 2.05 bits per heavy atom. The van der Waals surface area contributed by atoms with E-state index in [-0.39, 0.29) is 30.5 Å². The molecule has 1 aromatic carbocycles. The Morgan fingerprint density at radius 1 is 1.23 bits per heavy atom. The van der Waals surface area contributed by atoms with Crippen molar-refractivity contribution in [3.8, 4) is 0 Å². The van der Waals surface area contributed by atoms with Crippen LogP contribution < -0.4 is 5.32 Å². The number of rotatable bonds is 3. The second-order valence-electron chi connectivity index (χ2n) is 5.48. The third-order valence-corrected chi connectivity index (χ3v) is 4.09. The highest BCUT2D eigenvalue weighted by molar-refractivity contribution is 5.96. The number of hydrogen-bond donors (Lipinski definition) is 1. The number of hydrogen-bond acceptors (Lipinski definition) is 4. The van der Waals surface area contributed by atoms with Crippen LogP contribution in [0.2, 0.25) is 0 Å². The lowest BCUT2D eigenvalue weighted by Crippen LogP contribution is -2.58. The van der Waals surface area contributed by atoms with Crippen LogP contribution in [-0.4, -0.2) is 61.8 Å². The molecule has 118 valence electrons. The molecular formula is C16H20N2O4. The maximum atomic E-state index is 12.4. The zero-order chi connectivity index (χ0) is 15.4. The Bertz CT molecular complexity index is 532. The maximum absolute atomic E-state index is 12.4. The average molecular weight is 304 g/mol. The molecule has 2 aliphatic rings. The van der Waals surface area contributed by atoms with Gasteiger partial charge in [-0.15, -0.1) is 0 Å². The Balaban J connectivity index is 1.56. The summed E-state index contributed by atoms with van der Waals surface area (Å²) in [5.74, 6) is -0.296. The summed E-state index contributed by atoms with van der Waals surface area (Å²) in [6.07, 6.45) is 0.736. The molecule has 2 fully saturated rings. The highest BCUT2D eigenvalue weighted by Gasteiger charge is 2.37. The number of carbonyl (C=O) groups excluding carboxylic acids is 2. The van der Waals surface area contributed by atoms with Gasteiger partial charge in [0, 0.05) is 18.7 Å². The van der Waals surface area contributed by atoms with Gasteiger partial charge in [-0.1, -0.05) is 18.2 Å². The van der Waals surface area contributed by atoms with Crippen molar-refractivity contribution in [1.82, 2.24) is 10.2 Å². The van der Waals surface area contributed by atoms with E-state index in [4.69, 9.17) is 9.47 Å². The first-order chi connectivity index (χ1) is 10.8. The molecule has 0 aliphatic carbocycles. The summed E-state index contributed by atoms with van der Waals surface area (Å²) in [4.78, 5) is 26.2.